The maximum atomic E-state index is 12.9. The van der Waals surface area contributed by atoms with Gasteiger partial charge in [-0.3, -0.25) is 4.79 Å². The average molecular weight is 438 g/mol. The first kappa shape index (κ1) is 21.9. The molecule has 3 aromatic rings. The van der Waals surface area contributed by atoms with Crippen LogP contribution >= 0.6 is 11.3 Å². The third-order valence-electron chi connectivity index (χ3n) is 4.40. The number of carbonyl (C=O) groups is 1. The van der Waals surface area contributed by atoms with Crippen molar-refractivity contribution in [1.29, 1.82) is 0 Å². The van der Waals surface area contributed by atoms with Gasteiger partial charge in [0.1, 0.15) is 5.01 Å². The largest absolute Gasteiger partial charge is 0.493 e. The van der Waals surface area contributed by atoms with Crippen LogP contribution in [0.5, 0.6) is 17.2 Å². The SMILES string of the molecule is C=C/C=c1/sc(-c2cccc(NC(=O)c3cc(OC)c(OC)c(OC)c3)c2)n/c1=C/N. The molecular weight excluding hydrogens is 414 g/mol. The van der Waals surface area contributed by atoms with E-state index >= 15 is 0 Å². The number of nitrogens with two attached hydrogens (primary N) is 1. The van der Waals surface area contributed by atoms with Gasteiger partial charge in [0, 0.05) is 23.0 Å². The van der Waals surface area contributed by atoms with Crippen LogP contribution in [0.2, 0.25) is 0 Å². The van der Waals surface area contributed by atoms with Gasteiger partial charge in [0.15, 0.2) is 11.5 Å². The van der Waals surface area contributed by atoms with E-state index in [0.717, 1.165) is 15.1 Å². The van der Waals surface area contributed by atoms with E-state index in [1.807, 2.05) is 24.3 Å². The second kappa shape index (κ2) is 9.82. The quantitative estimate of drug-likeness (QED) is 0.590. The lowest BCUT2D eigenvalue weighted by Crippen LogP contribution is -2.22. The lowest BCUT2D eigenvalue weighted by Gasteiger charge is -2.14. The van der Waals surface area contributed by atoms with Gasteiger partial charge in [-0.25, -0.2) is 4.98 Å². The van der Waals surface area contributed by atoms with Gasteiger partial charge in [0.05, 0.1) is 31.2 Å². The topological polar surface area (TPSA) is 95.7 Å². The summed E-state index contributed by atoms with van der Waals surface area (Å²) in [5.74, 6) is 0.916. The average Bonchev–Trinajstić information content (AvgIpc) is 3.21. The number of aromatic nitrogens is 1. The highest BCUT2D eigenvalue weighted by molar-refractivity contribution is 7.13. The van der Waals surface area contributed by atoms with Crippen molar-refractivity contribution in [1.82, 2.24) is 4.98 Å². The Morgan fingerprint density at radius 1 is 1.13 bits per heavy atom. The lowest BCUT2D eigenvalue weighted by molar-refractivity contribution is 0.102. The van der Waals surface area contributed by atoms with Crippen molar-refractivity contribution in [3.8, 4) is 27.8 Å². The van der Waals surface area contributed by atoms with Gasteiger partial charge >= 0.3 is 0 Å². The highest BCUT2D eigenvalue weighted by atomic mass is 32.1. The summed E-state index contributed by atoms with van der Waals surface area (Å²) in [6, 6.07) is 10.6. The van der Waals surface area contributed by atoms with Gasteiger partial charge in [-0.1, -0.05) is 24.8 Å². The summed E-state index contributed by atoms with van der Waals surface area (Å²) in [7, 11) is 4.51. The van der Waals surface area contributed by atoms with Crippen molar-refractivity contribution in [2.24, 2.45) is 5.73 Å². The Kier molecular flexibility index (Phi) is 6.94. The van der Waals surface area contributed by atoms with Crippen molar-refractivity contribution < 1.29 is 19.0 Å². The Hall–Kier alpha value is -3.78. The van der Waals surface area contributed by atoms with Crippen LogP contribution < -0.4 is 35.1 Å². The van der Waals surface area contributed by atoms with Gasteiger partial charge < -0.3 is 25.3 Å². The molecule has 0 aliphatic carbocycles. The first-order valence-electron chi connectivity index (χ1n) is 9.28. The smallest absolute Gasteiger partial charge is 0.255 e. The van der Waals surface area contributed by atoms with E-state index in [4.69, 9.17) is 19.9 Å². The zero-order valence-corrected chi connectivity index (χ0v) is 18.3. The summed E-state index contributed by atoms with van der Waals surface area (Å²) in [6.07, 6.45) is 5.01. The van der Waals surface area contributed by atoms with Crippen LogP contribution in [-0.4, -0.2) is 32.2 Å². The monoisotopic (exact) mass is 437 g/mol. The van der Waals surface area contributed by atoms with Crippen molar-refractivity contribution in [3.05, 3.63) is 64.5 Å². The fourth-order valence-electron chi connectivity index (χ4n) is 2.96. The summed E-state index contributed by atoms with van der Waals surface area (Å²) in [6.45, 7) is 3.72. The van der Waals surface area contributed by atoms with Crippen molar-refractivity contribution >= 4 is 35.2 Å². The van der Waals surface area contributed by atoms with Crippen LogP contribution in [0.4, 0.5) is 5.69 Å². The molecule has 3 rings (SSSR count). The number of hydrogen-bond donors (Lipinski definition) is 2. The van der Waals surface area contributed by atoms with E-state index in [2.05, 4.69) is 16.9 Å². The second-order valence-electron chi connectivity index (χ2n) is 6.29. The molecule has 1 amide bonds. The molecule has 0 spiro atoms. The zero-order chi connectivity index (χ0) is 22.4. The Labute approximate surface area is 184 Å². The molecule has 0 bridgehead atoms. The molecule has 0 atom stereocenters. The molecule has 7 nitrogen and oxygen atoms in total. The van der Waals surface area contributed by atoms with E-state index in [1.165, 1.54) is 38.9 Å². The zero-order valence-electron chi connectivity index (χ0n) is 17.5. The summed E-state index contributed by atoms with van der Waals surface area (Å²) in [5.41, 5.74) is 7.54. The van der Waals surface area contributed by atoms with Crippen LogP contribution in [-0.2, 0) is 0 Å². The Bertz CT molecular complexity index is 1210. The fraction of sp³-hybridized carbons (Fsp3) is 0.130. The van der Waals surface area contributed by atoms with Crippen LogP contribution in [0.1, 0.15) is 10.4 Å². The summed E-state index contributed by atoms with van der Waals surface area (Å²) >= 11 is 1.49. The number of anilines is 1. The molecule has 31 heavy (non-hydrogen) atoms. The number of benzene rings is 2. The molecule has 160 valence electrons. The van der Waals surface area contributed by atoms with Crippen LogP contribution in [0, 0.1) is 0 Å². The predicted octanol–water partition coefficient (Wildman–Crippen LogP) is 2.75. The molecule has 0 radical (unpaired) electrons. The number of nitrogens with zero attached hydrogens (tertiary/aromatic N) is 1. The van der Waals surface area contributed by atoms with Crippen molar-refractivity contribution in [3.63, 3.8) is 0 Å². The van der Waals surface area contributed by atoms with E-state index in [-0.39, 0.29) is 5.91 Å². The van der Waals surface area contributed by atoms with E-state index in [1.54, 1.807) is 24.3 Å². The third-order valence-corrected chi connectivity index (χ3v) is 5.49. The molecule has 0 fully saturated rings. The van der Waals surface area contributed by atoms with Crippen LogP contribution in [0.15, 0.2) is 49.1 Å². The first-order valence-corrected chi connectivity index (χ1v) is 10.1. The number of rotatable bonds is 7. The number of allylic oxidation sites excluding steroid dienone is 1. The molecule has 0 saturated heterocycles. The Morgan fingerprint density at radius 2 is 1.84 bits per heavy atom. The standard InChI is InChI=1S/C23H23N3O4S/c1-5-7-20-17(13-24)26-23(31-20)14-8-6-9-16(10-14)25-22(27)15-11-18(28-2)21(30-4)19(12-15)29-3/h5-13H,1,24H2,2-4H3,(H,25,27)/b17-13+,20-7+. The highest BCUT2D eigenvalue weighted by Gasteiger charge is 2.17. The molecule has 1 heterocycles. The molecule has 1 aromatic heterocycles. The predicted molar refractivity (Wildman–Crippen MR) is 124 cm³/mol. The maximum Gasteiger partial charge on any atom is 0.255 e. The second-order valence-corrected chi connectivity index (χ2v) is 7.32. The van der Waals surface area contributed by atoms with E-state index in [0.29, 0.717) is 33.8 Å². The van der Waals surface area contributed by atoms with E-state index < -0.39 is 0 Å². The van der Waals surface area contributed by atoms with Crippen molar-refractivity contribution in [2.75, 3.05) is 26.6 Å². The normalized spacial score (nSPS) is 11.8. The Morgan fingerprint density at radius 3 is 2.42 bits per heavy atom. The minimum absolute atomic E-state index is 0.313. The molecule has 0 unspecified atom stereocenters. The molecule has 3 N–H and O–H groups in total. The number of carbonyl (C=O) groups excluding carboxylic acids is 1. The summed E-state index contributed by atoms with van der Waals surface area (Å²) in [5, 5.41) is 4.37. The summed E-state index contributed by atoms with van der Waals surface area (Å²) in [4.78, 5) is 17.4. The van der Waals surface area contributed by atoms with Crippen molar-refractivity contribution in [2.45, 2.75) is 0 Å². The van der Waals surface area contributed by atoms with Gasteiger partial charge in [0.25, 0.3) is 5.91 Å². The maximum absolute atomic E-state index is 12.9. The number of methoxy groups -OCH3 is 3. The number of ether oxygens (including phenoxy) is 3. The molecule has 2 aromatic carbocycles. The highest BCUT2D eigenvalue weighted by Crippen LogP contribution is 2.38. The van der Waals surface area contributed by atoms with E-state index in [9.17, 15) is 4.79 Å². The lowest BCUT2D eigenvalue weighted by atomic mass is 10.1. The molecule has 0 aliphatic rings. The minimum Gasteiger partial charge on any atom is -0.493 e. The van der Waals surface area contributed by atoms with Gasteiger partial charge in [-0.05, 0) is 30.3 Å². The molecule has 8 heteroatoms. The minimum atomic E-state index is -0.313. The molecular formula is C23H23N3O4S. The molecule has 0 saturated carbocycles. The van der Waals surface area contributed by atoms with Crippen LogP contribution in [0.3, 0.4) is 0 Å². The summed E-state index contributed by atoms with van der Waals surface area (Å²) < 4.78 is 16.9. The third kappa shape index (κ3) is 4.70. The number of thiazole rings is 1. The fourth-order valence-corrected chi connectivity index (χ4v) is 3.94. The molecule has 0 aliphatic heterocycles. The number of hydrogen-bond acceptors (Lipinski definition) is 7. The van der Waals surface area contributed by atoms with Gasteiger partial charge in [-0.15, -0.1) is 11.3 Å². The first-order chi connectivity index (χ1) is 15.0. The van der Waals surface area contributed by atoms with Crippen LogP contribution in [0.25, 0.3) is 22.8 Å². The number of amides is 1. The van der Waals surface area contributed by atoms with Gasteiger partial charge in [-0.2, -0.15) is 0 Å². The number of nitrogens with one attached hydrogen (secondary N) is 1. The Balaban J connectivity index is 1.92. The van der Waals surface area contributed by atoms with Gasteiger partial charge in [0.2, 0.25) is 5.75 Å².